The summed E-state index contributed by atoms with van der Waals surface area (Å²) in [4.78, 5) is 14.4. The van der Waals surface area contributed by atoms with E-state index in [9.17, 15) is 4.79 Å². The molecule has 5 heteroatoms. The molecular formula is C9H9NOS3. The second-order valence-electron chi connectivity index (χ2n) is 3.08. The average Bonchev–Trinajstić information content (AvgIpc) is 2.75. The van der Waals surface area contributed by atoms with Crippen LogP contribution in [0, 0.1) is 0 Å². The van der Waals surface area contributed by atoms with Gasteiger partial charge in [0.2, 0.25) is 0 Å². The van der Waals surface area contributed by atoms with E-state index in [-0.39, 0.29) is 11.9 Å². The summed E-state index contributed by atoms with van der Waals surface area (Å²) in [6, 6.07) is 3.95. The number of carbonyl (C=O) groups is 1. The Hall–Kier alpha value is -0.390. The van der Waals surface area contributed by atoms with Gasteiger partial charge in [0.05, 0.1) is 4.88 Å². The number of carbonyl (C=O) groups excluding carboxylic acids is 1. The van der Waals surface area contributed by atoms with Crippen LogP contribution in [0.2, 0.25) is 0 Å². The zero-order valence-corrected chi connectivity index (χ0v) is 10.0. The van der Waals surface area contributed by atoms with E-state index in [1.807, 2.05) is 24.4 Å². The van der Waals surface area contributed by atoms with Crippen LogP contribution in [0.4, 0.5) is 0 Å². The molecule has 74 valence electrons. The summed E-state index contributed by atoms with van der Waals surface area (Å²) in [6.45, 7) is 2.03. The number of rotatable bonds is 1. The molecule has 0 bridgehead atoms. The van der Waals surface area contributed by atoms with Gasteiger partial charge in [-0.3, -0.25) is 9.69 Å². The minimum absolute atomic E-state index is 0.0440. The van der Waals surface area contributed by atoms with Crippen molar-refractivity contribution in [1.29, 1.82) is 0 Å². The van der Waals surface area contributed by atoms with E-state index in [2.05, 4.69) is 0 Å². The minimum Gasteiger partial charge on any atom is -0.289 e. The second kappa shape index (κ2) is 4.00. The van der Waals surface area contributed by atoms with Gasteiger partial charge >= 0.3 is 0 Å². The summed E-state index contributed by atoms with van der Waals surface area (Å²) in [6.07, 6.45) is 0. The van der Waals surface area contributed by atoms with Gasteiger partial charge in [0, 0.05) is 11.8 Å². The van der Waals surface area contributed by atoms with E-state index in [1.54, 1.807) is 16.7 Å². The third kappa shape index (κ3) is 1.71. The first-order valence-corrected chi connectivity index (χ1v) is 6.51. The van der Waals surface area contributed by atoms with Crippen molar-refractivity contribution >= 4 is 45.5 Å². The predicted molar refractivity (Wildman–Crippen MR) is 65.0 cm³/mol. The Morgan fingerprint density at radius 2 is 2.50 bits per heavy atom. The largest absolute Gasteiger partial charge is 0.289 e. The van der Waals surface area contributed by atoms with Crippen LogP contribution >= 0.6 is 35.3 Å². The molecule has 1 unspecified atom stereocenters. The first-order chi connectivity index (χ1) is 6.70. The number of hydrogen-bond acceptors (Lipinski definition) is 4. The lowest BCUT2D eigenvalue weighted by molar-refractivity contribution is 0.0836. The van der Waals surface area contributed by atoms with Crippen LogP contribution in [0.25, 0.3) is 0 Å². The summed E-state index contributed by atoms with van der Waals surface area (Å²) in [7, 11) is 0. The molecule has 1 fully saturated rings. The highest BCUT2D eigenvalue weighted by Crippen LogP contribution is 2.26. The molecule has 1 amide bonds. The van der Waals surface area contributed by atoms with Crippen molar-refractivity contribution in [3.05, 3.63) is 22.4 Å². The second-order valence-corrected chi connectivity index (χ2v) is 5.68. The zero-order chi connectivity index (χ0) is 10.1. The average molecular weight is 243 g/mol. The molecule has 0 spiro atoms. The van der Waals surface area contributed by atoms with Crippen molar-refractivity contribution in [1.82, 2.24) is 4.90 Å². The number of thioether (sulfide) groups is 1. The molecule has 2 rings (SSSR count). The Kier molecular flexibility index (Phi) is 2.90. The quantitative estimate of drug-likeness (QED) is 0.707. The van der Waals surface area contributed by atoms with Crippen LogP contribution in [0.5, 0.6) is 0 Å². The van der Waals surface area contributed by atoms with Crippen LogP contribution in [-0.4, -0.2) is 26.9 Å². The summed E-state index contributed by atoms with van der Waals surface area (Å²) >= 11 is 8.18. The van der Waals surface area contributed by atoms with Gasteiger partial charge in [-0.25, -0.2) is 0 Å². The Bertz CT molecular complexity index is 360. The topological polar surface area (TPSA) is 20.3 Å². The molecule has 0 radical (unpaired) electrons. The van der Waals surface area contributed by atoms with Crippen LogP contribution in [0.15, 0.2) is 17.5 Å². The van der Waals surface area contributed by atoms with Crippen molar-refractivity contribution in [3.63, 3.8) is 0 Å². The monoisotopic (exact) mass is 243 g/mol. The molecular weight excluding hydrogens is 234 g/mol. The molecule has 1 aliphatic heterocycles. The van der Waals surface area contributed by atoms with Crippen molar-refractivity contribution < 1.29 is 4.79 Å². The fourth-order valence-electron chi connectivity index (χ4n) is 1.32. The van der Waals surface area contributed by atoms with Crippen LogP contribution in [-0.2, 0) is 0 Å². The Labute approximate surface area is 96.3 Å². The molecule has 2 nitrogen and oxygen atoms in total. The number of hydrogen-bond donors (Lipinski definition) is 0. The van der Waals surface area contributed by atoms with Gasteiger partial charge in [-0.05, 0) is 18.4 Å². The van der Waals surface area contributed by atoms with Gasteiger partial charge < -0.3 is 0 Å². The fourth-order valence-corrected chi connectivity index (χ4v) is 3.38. The molecule has 1 aromatic rings. The molecule has 0 aliphatic carbocycles. The maximum absolute atomic E-state index is 12.0. The van der Waals surface area contributed by atoms with Crippen LogP contribution in [0.1, 0.15) is 16.6 Å². The molecule has 0 saturated carbocycles. The lowest BCUT2D eigenvalue weighted by atomic mass is 10.3. The van der Waals surface area contributed by atoms with Gasteiger partial charge in [-0.2, -0.15) is 0 Å². The summed E-state index contributed by atoms with van der Waals surface area (Å²) in [5.41, 5.74) is 0. The number of thiocarbonyl (C=S) groups is 1. The summed E-state index contributed by atoms with van der Waals surface area (Å²) in [5.74, 6) is 0.957. The summed E-state index contributed by atoms with van der Waals surface area (Å²) < 4.78 is 0.705. The van der Waals surface area contributed by atoms with Crippen LogP contribution in [0.3, 0.4) is 0 Å². The van der Waals surface area contributed by atoms with Gasteiger partial charge in [0.1, 0.15) is 4.32 Å². The zero-order valence-electron chi connectivity index (χ0n) is 7.60. The molecule has 0 N–H and O–H groups in total. The lowest BCUT2D eigenvalue weighted by Crippen LogP contribution is -2.36. The number of thiophene rings is 1. The third-order valence-corrected chi connectivity index (χ3v) is 4.54. The third-order valence-electron chi connectivity index (χ3n) is 2.04. The molecule has 2 heterocycles. The van der Waals surface area contributed by atoms with Crippen molar-refractivity contribution in [3.8, 4) is 0 Å². The number of nitrogens with zero attached hydrogens (tertiary/aromatic N) is 1. The van der Waals surface area contributed by atoms with Gasteiger partial charge in [0.25, 0.3) is 5.91 Å². The SMILES string of the molecule is CC1CSC(=S)N1C(=O)c1cccs1. The molecule has 1 aliphatic rings. The molecule has 1 aromatic heterocycles. The normalized spacial score (nSPS) is 21.6. The van der Waals surface area contributed by atoms with E-state index in [1.165, 1.54) is 11.3 Å². The fraction of sp³-hybridized carbons (Fsp3) is 0.333. The Morgan fingerprint density at radius 1 is 1.71 bits per heavy atom. The summed E-state index contributed by atoms with van der Waals surface area (Å²) in [5, 5.41) is 1.91. The van der Waals surface area contributed by atoms with Crippen molar-refractivity contribution in [2.75, 3.05) is 5.75 Å². The van der Waals surface area contributed by atoms with E-state index >= 15 is 0 Å². The van der Waals surface area contributed by atoms with Crippen LogP contribution < -0.4 is 0 Å². The Balaban J connectivity index is 2.23. The molecule has 0 aromatic carbocycles. The minimum atomic E-state index is 0.0440. The highest BCUT2D eigenvalue weighted by molar-refractivity contribution is 8.23. The van der Waals surface area contributed by atoms with E-state index < -0.39 is 0 Å². The van der Waals surface area contributed by atoms with E-state index in [0.29, 0.717) is 4.32 Å². The van der Waals surface area contributed by atoms with Crippen molar-refractivity contribution in [2.45, 2.75) is 13.0 Å². The van der Waals surface area contributed by atoms with E-state index in [4.69, 9.17) is 12.2 Å². The highest BCUT2D eigenvalue weighted by atomic mass is 32.2. The van der Waals surface area contributed by atoms with Gasteiger partial charge in [0.15, 0.2) is 0 Å². The highest BCUT2D eigenvalue weighted by Gasteiger charge is 2.31. The predicted octanol–water partition coefficient (Wildman–Crippen LogP) is 2.61. The number of amides is 1. The molecule has 1 saturated heterocycles. The molecule has 14 heavy (non-hydrogen) atoms. The van der Waals surface area contributed by atoms with Gasteiger partial charge in [-0.1, -0.05) is 30.0 Å². The smallest absolute Gasteiger partial charge is 0.269 e. The first-order valence-electron chi connectivity index (χ1n) is 4.24. The standard InChI is InChI=1S/C9H9NOS3/c1-6-5-14-9(12)10(6)8(11)7-3-2-4-13-7/h2-4,6H,5H2,1H3. The molecule has 1 atom stereocenters. The first kappa shape index (κ1) is 10.1. The van der Waals surface area contributed by atoms with Crippen molar-refractivity contribution in [2.24, 2.45) is 0 Å². The lowest BCUT2D eigenvalue weighted by Gasteiger charge is -2.19. The maximum Gasteiger partial charge on any atom is 0.269 e. The van der Waals surface area contributed by atoms with Gasteiger partial charge in [-0.15, -0.1) is 11.3 Å². The maximum atomic E-state index is 12.0. The Morgan fingerprint density at radius 3 is 3.00 bits per heavy atom. The van der Waals surface area contributed by atoms with E-state index in [0.717, 1.165) is 10.6 Å².